The number of fused-ring (bicyclic) bond motifs is 1. The van der Waals surface area contributed by atoms with E-state index in [1.54, 1.807) is 0 Å². The molecular weight excluding hydrogens is 259 g/mol. The van der Waals surface area contributed by atoms with Crippen molar-refractivity contribution >= 4 is 33.4 Å². The molecule has 0 aromatic heterocycles. The molecule has 0 radical (unpaired) electrons. The molecule has 2 rings (SSSR count). The summed E-state index contributed by atoms with van der Waals surface area (Å²) in [5.74, 6) is 0. The average Bonchev–Trinajstić information content (AvgIpc) is 2.04. The molecule has 0 spiro atoms. The van der Waals surface area contributed by atoms with Crippen molar-refractivity contribution in [1.82, 2.24) is 0 Å². The van der Waals surface area contributed by atoms with Crippen LogP contribution in [0, 0.1) is 10.5 Å². The van der Waals surface area contributed by atoms with Gasteiger partial charge in [-0.25, -0.2) is 0 Å². The Balaban J connectivity index is 2.96. The van der Waals surface area contributed by atoms with Crippen molar-refractivity contribution in [3.05, 3.63) is 45.5 Å². The predicted octanol–water partition coefficient (Wildman–Crippen LogP) is 3.75. The normalized spacial score (nSPS) is 10.5. The maximum Gasteiger partial charge on any atom is 0.0211 e. The van der Waals surface area contributed by atoms with Crippen LogP contribution < -0.4 is 0 Å². The summed E-state index contributed by atoms with van der Waals surface area (Å²) in [7, 11) is 0. The molecule has 2 aromatic carbocycles. The molecule has 0 atom stereocenters. The van der Waals surface area contributed by atoms with Gasteiger partial charge < -0.3 is 0 Å². The van der Waals surface area contributed by atoms with Gasteiger partial charge in [-0.2, -0.15) is 0 Å². The van der Waals surface area contributed by atoms with E-state index in [-0.39, 0.29) is 0 Å². The Hall–Kier alpha value is -0.570. The van der Waals surface area contributed by atoms with Gasteiger partial charge in [-0.3, -0.25) is 0 Å². The molecule has 0 saturated heterocycles. The van der Waals surface area contributed by atoms with E-state index in [9.17, 15) is 0 Å². The van der Waals surface area contributed by atoms with Crippen molar-refractivity contribution in [3.8, 4) is 0 Å². The van der Waals surface area contributed by atoms with Crippen LogP contribution in [0.3, 0.4) is 0 Å². The summed E-state index contributed by atoms with van der Waals surface area (Å²) in [4.78, 5) is 0. The first-order valence-corrected chi connectivity index (χ1v) is 5.01. The molecule has 0 N–H and O–H groups in total. The second-order valence-electron chi connectivity index (χ2n) is 2.91. The predicted molar refractivity (Wildman–Crippen MR) is 61.4 cm³/mol. The van der Waals surface area contributed by atoms with Crippen LogP contribution in [0.2, 0.25) is 0 Å². The van der Waals surface area contributed by atoms with E-state index in [0.717, 1.165) is 0 Å². The fourth-order valence-corrected chi connectivity index (χ4v) is 2.42. The van der Waals surface area contributed by atoms with E-state index in [2.05, 4.69) is 65.9 Å². The van der Waals surface area contributed by atoms with Gasteiger partial charge >= 0.3 is 0 Å². The molecule has 0 amide bonds. The van der Waals surface area contributed by atoms with Gasteiger partial charge in [0.05, 0.1) is 0 Å². The van der Waals surface area contributed by atoms with Gasteiger partial charge in [0.25, 0.3) is 0 Å². The quantitative estimate of drug-likeness (QED) is 0.638. The zero-order valence-electron chi connectivity index (χ0n) is 6.84. The smallest absolute Gasteiger partial charge is 0.0211 e. The summed E-state index contributed by atoms with van der Waals surface area (Å²) in [6, 6.07) is 12.8. The Morgan fingerprint density at radius 2 is 1.67 bits per heavy atom. The summed E-state index contributed by atoms with van der Waals surface area (Å²) < 4.78 is 1.34. The first-order chi connectivity index (χ1) is 5.79. The van der Waals surface area contributed by atoms with Crippen LogP contribution >= 0.6 is 22.6 Å². The van der Waals surface area contributed by atoms with Gasteiger partial charge in [-0.1, -0.05) is 30.3 Å². The monoisotopic (exact) mass is 268 g/mol. The van der Waals surface area contributed by atoms with E-state index < -0.39 is 0 Å². The molecule has 0 aliphatic rings. The lowest BCUT2D eigenvalue weighted by molar-refractivity contribution is 1.52. The highest BCUT2D eigenvalue weighted by Gasteiger charge is 1.98. The van der Waals surface area contributed by atoms with E-state index >= 15 is 0 Å². The Morgan fingerprint density at radius 1 is 1.00 bits per heavy atom. The minimum absolute atomic E-state index is 1.34. The van der Waals surface area contributed by atoms with Gasteiger partial charge in [0.2, 0.25) is 0 Å². The van der Waals surface area contributed by atoms with Crippen LogP contribution in [0.4, 0.5) is 0 Å². The van der Waals surface area contributed by atoms with Crippen molar-refractivity contribution < 1.29 is 0 Å². The van der Waals surface area contributed by atoms with E-state index in [1.165, 1.54) is 19.9 Å². The van der Waals surface area contributed by atoms with Crippen LogP contribution in [0.5, 0.6) is 0 Å². The van der Waals surface area contributed by atoms with Crippen molar-refractivity contribution in [1.29, 1.82) is 0 Å². The zero-order valence-corrected chi connectivity index (χ0v) is 9.00. The molecule has 2 aromatic rings. The molecule has 0 unspecified atom stereocenters. The first-order valence-electron chi connectivity index (χ1n) is 3.93. The standard InChI is InChI=1S/C11H9I/c1-8-4-2-5-9-6-3-7-10(12)11(8)9/h2-7H,1H3. The Bertz CT molecular complexity index is 382. The number of halogens is 1. The first kappa shape index (κ1) is 8.05. The highest BCUT2D eigenvalue weighted by atomic mass is 127. The molecule has 0 aliphatic heterocycles. The number of hydrogen-bond acceptors (Lipinski definition) is 0. The second-order valence-corrected chi connectivity index (χ2v) is 4.08. The fourth-order valence-electron chi connectivity index (χ4n) is 1.48. The van der Waals surface area contributed by atoms with Crippen LogP contribution in [0.1, 0.15) is 5.56 Å². The van der Waals surface area contributed by atoms with Crippen LogP contribution in [-0.2, 0) is 0 Å². The number of aryl methyl sites for hydroxylation is 1. The summed E-state index contributed by atoms with van der Waals surface area (Å²) >= 11 is 2.38. The lowest BCUT2D eigenvalue weighted by Crippen LogP contribution is -1.80. The third-order valence-electron chi connectivity index (χ3n) is 2.06. The van der Waals surface area contributed by atoms with E-state index in [4.69, 9.17) is 0 Å². The zero-order chi connectivity index (χ0) is 8.55. The molecule has 0 saturated carbocycles. The highest BCUT2D eigenvalue weighted by molar-refractivity contribution is 14.1. The summed E-state index contributed by atoms with van der Waals surface area (Å²) in [6.45, 7) is 2.16. The third-order valence-corrected chi connectivity index (χ3v) is 2.96. The highest BCUT2D eigenvalue weighted by Crippen LogP contribution is 2.23. The van der Waals surface area contributed by atoms with Crippen molar-refractivity contribution in [3.63, 3.8) is 0 Å². The lowest BCUT2D eigenvalue weighted by Gasteiger charge is -2.02. The summed E-state index contributed by atoms with van der Waals surface area (Å²) in [6.07, 6.45) is 0. The topological polar surface area (TPSA) is 0 Å². The number of rotatable bonds is 0. The van der Waals surface area contributed by atoms with Gasteiger partial charge in [-0.15, -0.1) is 0 Å². The summed E-state index contributed by atoms with van der Waals surface area (Å²) in [5, 5.41) is 2.72. The lowest BCUT2D eigenvalue weighted by atomic mass is 10.1. The van der Waals surface area contributed by atoms with Gasteiger partial charge in [0.15, 0.2) is 0 Å². The number of hydrogen-bond donors (Lipinski definition) is 0. The Morgan fingerprint density at radius 3 is 2.33 bits per heavy atom. The van der Waals surface area contributed by atoms with E-state index in [0.29, 0.717) is 0 Å². The number of benzene rings is 2. The molecule has 0 nitrogen and oxygen atoms in total. The largest absolute Gasteiger partial charge is 0.0614 e. The Labute approximate surface area is 85.7 Å². The fraction of sp³-hybridized carbons (Fsp3) is 0.0909. The van der Waals surface area contributed by atoms with Gasteiger partial charge in [0.1, 0.15) is 0 Å². The minimum atomic E-state index is 1.34. The third kappa shape index (κ3) is 1.22. The molecule has 0 fully saturated rings. The second kappa shape index (κ2) is 3.05. The minimum Gasteiger partial charge on any atom is -0.0614 e. The van der Waals surface area contributed by atoms with Crippen LogP contribution in [0.25, 0.3) is 10.8 Å². The SMILES string of the molecule is Cc1cccc2cccc(I)c12. The maximum atomic E-state index is 2.38. The molecular formula is C11H9I. The molecule has 0 aliphatic carbocycles. The van der Waals surface area contributed by atoms with Crippen molar-refractivity contribution in [2.45, 2.75) is 6.92 Å². The van der Waals surface area contributed by atoms with Crippen molar-refractivity contribution in [2.75, 3.05) is 0 Å². The maximum absolute atomic E-state index is 2.38. The van der Waals surface area contributed by atoms with Crippen LogP contribution in [0.15, 0.2) is 36.4 Å². The molecule has 0 heterocycles. The van der Waals surface area contributed by atoms with E-state index in [1.807, 2.05) is 0 Å². The van der Waals surface area contributed by atoms with Gasteiger partial charge in [-0.05, 0) is 51.9 Å². The molecule has 0 bridgehead atoms. The molecule has 60 valence electrons. The van der Waals surface area contributed by atoms with Crippen molar-refractivity contribution in [2.24, 2.45) is 0 Å². The Kier molecular flexibility index (Phi) is 2.05. The molecule has 12 heavy (non-hydrogen) atoms. The van der Waals surface area contributed by atoms with Crippen LogP contribution in [-0.4, -0.2) is 0 Å². The summed E-state index contributed by atoms with van der Waals surface area (Å²) in [5.41, 5.74) is 1.36. The van der Waals surface area contributed by atoms with Gasteiger partial charge in [0, 0.05) is 3.57 Å². The molecule has 1 heteroatoms. The average molecular weight is 268 g/mol.